The predicted octanol–water partition coefficient (Wildman–Crippen LogP) is 3.46. The van der Waals surface area contributed by atoms with E-state index in [4.69, 9.17) is 0 Å². The fourth-order valence-electron chi connectivity index (χ4n) is 3.45. The summed E-state index contributed by atoms with van der Waals surface area (Å²) in [5.41, 5.74) is 3.07. The topological polar surface area (TPSA) is 60.9 Å². The van der Waals surface area contributed by atoms with Gasteiger partial charge >= 0.3 is 5.97 Å². The quantitative estimate of drug-likeness (QED) is 0.782. The zero-order chi connectivity index (χ0) is 19.9. The summed E-state index contributed by atoms with van der Waals surface area (Å²) in [6, 6.07) is 17.4. The molecule has 1 saturated heterocycles. The Kier molecular flexibility index (Phi) is 6.48. The van der Waals surface area contributed by atoms with Gasteiger partial charge in [-0.3, -0.25) is 4.79 Å². The van der Waals surface area contributed by atoms with Crippen LogP contribution in [-0.2, 0) is 16.0 Å². The molecule has 0 radical (unpaired) electrons. The molecule has 28 heavy (non-hydrogen) atoms. The molecule has 0 aromatic heterocycles. The van der Waals surface area contributed by atoms with Gasteiger partial charge in [0, 0.05) is 37.9 Å². The maximum Gasteiger partial charge on any atom is 0.336 e. The number of carboxylic acids is 1. The van der Waals surface area contributed by atoms with Crippen molar-refractivity contribution in [2.24, 2.45) is 0 Å². The number of carbonyl (C=O) groups is 2. The van der Waals surface area contributed by atoms with Gasteiger partial charge in [0.2, 0.25) is 5.91 Å². The van der Waals surface area contributed by atoms with Crippen LogP contribution in [0.3, 0.4) is 0 Å². The molecule has 2 aromatic rings. The molecule has 146 valence electrons. The molecule has 2 aromatic carbocycles. The van der Waals surface area contributed by atoms with E-state index in [9.17, 15) is 14.7 Å². The number of hydrogen-bond acceptors (Lipinski definition) is 3. The van der Waals surface area contributed by atoms with E-state index in [1.165, 1.54) is 11.6 Å². The van der Waals surface area contributed by atoms with Crippen molar-refractivity contribution in [3.8, 4) is 0 Å². The number of aryl methyl sites for hydroxylation is 1. The summed E-state index contributed by atoms with van der Waals surface area (Å²) >= 11 is 0. The number of carboxylic acid groups (broad SMARTS) is 1. The fourth-order valence-corrected chi connectivity index (χ4v) is 3.45. The Bertz CT molecular complexity index is 836. The predicted molar refractivity (Wildman–Crippen MR) is 111 cm³/mol. The summed E-state index contributed by atoms with van der Waals surface area (Å²) in [5, 5.41) is 9.48. The molecule has 1 heterocycles. The lowest BCUT2D eigenvalue weighted by molar-refractivity contribution is -0.131. The van der Waals surface area contributed by atoms with E-state index in [1.807, 2.05) is 6.07 Å². The lowest BCUT2D eigenvalue weighted by Crippen LogP contribution is -2.48. The SMILES string of the molecule is CCCc1ccc(N2CCN(C(=O)/C=C(/C(=O)O)c3ccccc3)CC2)cc1. The van der Waals surface area contributed by atoms with Gasteiger partial charge in [0.05, 0.1) is 5.57 Å². The normalized spacial score (nSPS) is 14.8. The van der Waals surface area contributed by atoms with Crippen LogP contribution in [0.25, 0.3) is 5.57 Å². The summed E-state index contributed by atoms with van der Waals surface area (Å²) in [5.74, 6) is -1.34. The van der Waals surface area contributed by atoms with Crippen molar-refractivity contribution in [2.45, 2.75) is 19.8 Å². The molecular formula is C23H26N2O3. The van der Waals surface area contributed by atoms with Crippen LogP contribution in [0.5, 0.6) is 0 Å². The van der Waals surface area contributed by atoms with Crippen LogP contribution in [0.1, 0.15) is 24.5 Å². The fraction of sp³-hybridized carbons (Fsp3) is 0.304. The van der Waals surface area contributed by atoms with Gasteiger partial charge in [0.25, 0.3) is 0 Å². The Morgan fingerprint density at radius 2 is 1.61 bits per heavy atom. The first-order chi connectivity index (χ1) is 13.6. The van der Waals surface area contributed by atoms with E-state index in [-0.39, 0.29) is 11.5 Å². The van der Waals surface area contributed by atoms with E-state index >= 15 is 0 Å². The zero-order valence-corrected chi connectivity index (χ0v) is 16.2. The van der Waals surface area contributed by atoms with E-state index in [2.05, 4.69) is 36.1 Å². The highest BCUT2D eigenvalue weighted by molar-refractivity contribution is 6.20. The zero-order valence-electron chi connectivity index (χ0n) is 16.2. The van der Waals surface area contributed by atoms with Crippen molar-refractivity contribution in [1.29, 1.82) is 0 Å². The minimum absolute atomic E-state index is 0.0274. The molecule has 3 rings (SSSR count). The number of piperazine rings is 1. The van der Waals surface area contributed by atoms with Crippen molar-refractivity contribution in [1.82, 2.24) is 4.90 Å². The second-order valence-corrected chi connectivity index (χ2v) is 6.96. The second kappa shape index (κ2) is 9.22. The van der Waals surface area contributed by atoms with Crippen LogP contribution in [0, 0.1) is 0 Å². The van der Waals surface area contributed by atoms with Gasteiger partial charge in [-0.2, -0.15) is 0 Å². The van der Waals surface area contributed by atoms with Crippen LogP contribution < -0.4 is 4.90 Å². The monoisotopic (exact) mass is 378 g/mol. The highest BCUT2D eigenvalue weighted by Crippen LogP contribution is 2.19. The highest BCUT2D eigenvalue weighted by atomic mass is 16.4. The Balaban J connectivity index is 1.63. The Hall–Kier alpha value is -3.08. The molecule has 5 heteroatoms. The number of aliphatic carboxylic acids is 1. The minimum Gasteiger partial charge on any atom is -0.478 e. The van der Waals surface area contributed by atoms with Crippen LogP contribution in [0.2, 0.25) is 0 Å². The Labute approximate surface area is 165 Å². The molecule has 5 nitrogen and oxygen atoms in total. The molecule has 1 aliphatic heterocycles. The maximum absolute atomic E-state index is 12.6. The summed E-state index contributed by atoms with van der Waals surface area (Å²) in [6.45, 7) is 4.80. The first-order valence-electron chi connectivity index (χ1n) is 9.71. The molecule has 0 unspecified atom stereocenters. The third kappa shape index (κ3) is 4.80. The average Bonchev–Trinajstić information content (AvgIpc) is 2.73. The van der Waals surface area contributed by atoms with E-state index in [0.29, 0.717) is 18.7 Å². The lowest BCUT2D eigenvalue weighted by Gasteiger charge is -2.35. The standard InChI is InChI=1S/C23H26N2O3/c1-2-6-18-9-11-20(12-10-18)24-13-15-25(16-14-24)22(26)17-21(23(27)28)19-7-4-3-5-8-19/h3-5,7-12,17H,2,6,13-16H2,1H3,(H,27,28)/b21-17+. The van der Waals surface area contributed by atoms with Crippen LogP contribution in [0.15, 0.2) is 60.7 Å². The summed E-state index contributed by atoms with van der Waals surface area (Å²) in [6.07, 6.45) is 3.46. The maximum atomic E-state index is 12.6. The molecule has 1 aliphatic rings. The smallest absolute Gasteiger partial charge is 0.336 e. The summed E-state index contributed by atoms with van der Waals surface area (Å²) in [4.78, 5) is 28.2. The molecule has 0 aliphatic carbocycles. The van der Waals surface area contributed by atoms with E-state index in [1.54, 1.807) is 29.2 Å². The second-order valence-electron chi connectivity index (χ2n) is 6.96. The van der Waals surface area contributed by atoms with E-state index in [0.717, 1.165) is 31.6 Å². The summed E-state index contributed by atoms with van der Waals surface area (Å²) in [7, 11) is 0. The lowest BCUT2D eigenvalue weighted by atomic mass is 10.1. The van der Waals surface area contributed by atoms with Crippen LogP contribution >= 0.6 is 0 Å². The Morgan fingerprint density at radius 3 is 2.18 bits per heavy atom. The van der Waals surface area contributed by atoms with Crippen molar-refractivity contribution >= 4 is 23.1 Å². The minimum atomic E-state index is -1.09. The van der Waals surface area contributed by atoms with Gasteiger partial charge in [-0.1, -0.05) is 55.8 Å². The van der Waals surface area contributed by atoms with Crippen molar-refractivity contribution in [3.05, 3.63) is 71.8 Å². The van der Waals surface area contributed by atoms with Crippen LogP contribution in [0.4, 0.5) is 5.69 Å². The number of nitrogens with zero attached hydrogens (tertiary/aromatic N) is 2. The van der Waals surface area contributed by atoms with Gasteiger partial charge < -0.3 is 14.9 Å². The molecule has 0 saturated carbocycles. The van der Waals surface area contributed by atoms with Crippen molar-refractivity contribution in [2.75, 3.05) is 31.1 Å². The number of anilines is 1. The number of rotatable bonds is 6. The van der Waals surface area contributed by atoms with Crippen molar-refractivity contribution in [3.63, 3.8) is 0 Å². The highest BCUT2D eigenvalue weighted by Gasteiger charge is 2.22. The largest absolute Gasteiger partial charge is 0.478 e. The van der Waals surface area contributed by atoms with Crippen molar-refractivity contribution < 1.29 is 14.7 Å². The van der Waals surface area contributed by atoms with Crippen LogP contribution in [-0.4, -0.2) is 48.1 Å². The molecular weight excluding hydrogens is 352 g/mol. The number of amides is 1. The molecule has 0 spiro atoms. The van der Waals surface area contributed by atoms with Gasteiger partial charge in [-0.05, 0) is 29.7 Å². The Morgan fingerprint density at radius 1 is 0.964 bits per heavy atom. The average molecular weight is 378 g/mol. The molecule has 0 bridgehead atoms. The third-order valence-electron chi connectivity index (χ3n) is 5.01. The van der Waals surface area contributed by atoms with Gasteiger partial charge in [0.15, 0.2) is 0 Å². The van der Waals surface area contributed by atoms with E-state index < -0.39 is 5.97 Å². The van der Waals surface area contributed by atoms with Gasteiger partial charge in [-0.15, -0.1) is 0 Å². The number of carbonyl (C=O) groups excluding carboxylic acids is 1. The first-order valence-corrected chi connectivity index (χ1v) is 9.71. The summed E-state index contributed by atoms with van der Waals surface area (Å²) < 4.78 is 0. The van der Waals surface area contributed by atoms with Gasteiger partial charge in [-0.25, -0.2) is 4.79 Å². The first kappa shape index (κ1) is 19.7. The molecule has 1 fully saturated rings. The third-order valence-corrected chi connectivity index (χ3v) is 5.01. The number of hydrogen-bond donors (Lipinski definition) is 1. The number of benzene rings is 2. The molecule has 1 amide bonds. The molecule has 1 N–H and O–H groups in total. The molecule has 0 atom stereocenters. The van der Waals surface area contributed by atoms with Gasteiger partial charge in [0.1, 0.15) is 0 Å².